The average molecular weight is 348 g/mol. The molecule has 1 amide bonds. The standard InChI is InChI=1S/C20H33N3O2/c1-16-5-7-18(8-6-16)19(22(2)3)20(24)21-15-17-9-11-23(12-10-17)13-14-25-4/h5-8,17,19H,9-15H2,1-4H3,(H,21,24)/t19-/m1/s1. The van der Waals surface area contributed by atoms with Gasteiger partial charge in [0.05, 0.1) is 6.61 Å². The molecule has 0 radical (unpaired) electrons. The molecule has 25 heavy (non-hydrogen) atoms. The number of amides is 1. The van der Waals surface area contributed by atoms with Gasteiger partial charge in [0.25, 0.3) is 0 Å². The highest BCUT2D eigenvalue weighted by Gasteiger charge is 2.25. The Hall–Kier alpha value is -1.43. The maximum absolute atomic E-state index is 12.7. The number of rotatable bonds is 8. The summed E-state index contributed by atoms with van der Waals surface area (Å²) in [6.45, 7) is 6.83. The third kappa shape index (κ3) is 6.10. The van der Waals surface area contributed by atoms with E-state index >= 15 is 0 Å². The Balaban J connectivity index is 1.83. The van der Waals surface area contributed by atoms with Gasteiger partial charge in [0.15, 0.2) is 0 Å². The van der Waals surface area contributed by atoms with Gasteiger partial charge in [-0.1, -0.05) is 29.8 Å². The van der Waals surface area contributed by atoms with E-state index in [1.54, 1.807) is 7.11 Å². The van der Waals surface area contributed by atoms with Crippen molar-refractivity contribution in [2.45, 2.75) is 25.8 Å². The number of hydrogen-bond donors (Lipinski definition) is 1. The molecular weight excluding hydrogens is 314 g/mol. The Kier molecular flexibility index (Phi) is 7.88. The highest BCUT2D eigenvalue weighted by molar-refractivity contribution is 5.83. The minimum atomic E-state index is -0.234. The number of aryl methyl sites for hydroxylation is 1. The monoisotopic (exact) mass is 347 g/mol. The van der Waals surface area contributed by atoms with Crippen molar-refractivity contribution < 1.29 is 9.53 Å². The minimum Gasteiger partial charge on any atom is -0.383 e. The summed E-state index contributed by atoms with van der Waals surface area (Å²) in [4.78, 5) is 17.2. The van der Waals surface area contributed by atoms with Crippen molar-refractivity contribution in [2.24, 2.45) is 5.92 Å². The number of nitrogens with zero attached hydrogens (tertiary/aromatic N) is 2. The lowest BCUT2D eigenvalue weighted by molar-refractivity contribution is -0.126. The predicted octanol–water partition coefficient (Wildman–Crippen LogP) is 2.07. The molecule has 0 saturated carbocycles. The average Bonchev–Trinajstić information content (AvgIpc) is 2.60. The molecule has 0 unspecified atom stereocenters. The fraction of sp³-hybridized carbons (Fsp3) is 0.650. The van der Waals surface area contributed by atoms with Gasteiger partial charge in [0.2, 0.25) is 5.91 Å². The summed E-state index contributed by atoms with van der Waals surface area (Å²) >= 11 is 0. The molecule has 1 saturated heterocycles. The first-order valence-electron chi connectivity index (χ1n) is 9.23. The number of piperidine rings is 1. The molecule has 1 fully saturated rings. The van der Waals surface area contributed by atoms with Crippen molar-refractivity contribution >= 4 is 5.91 Å². The molecule has 1 atom stereocenters. The summed E-state index contributed by atoms with van der Waals surface area (Å²) < 4.78 is 5.15. The first kappa shape index (κ1) is 19.9. The van der Waals surface area contributed by atoms with Gasteiger partial charge in [0.1, 0.15) is 6.04 Å². The lowest BCUT2D eigenvalue weighted by Crippen LogP contribution is -2.42. The highest BCUT2D eigenvalue weighted by Crippen LogP contribution is 2.20. The second-order valence-corrected chi connectivity index (χ2v) is 7.30. The second-order valence-electron chi connectivity index (χ2n) is 7.30. The Bertz CT molecular complexity index is 522. The number of hydrogen-bond acceptors (Lipinski definition) is 4. The number of carbonyl (C=O) groups is 1. The van der Waals surface area contributed by atoms with Gasteiger partial charge in [-0.05, 0) is 58.4 Å². The van der Waals surface area contributed by atoms with E-state index < -0.39 is 0 Å². The maximum atomic E-state index is 12.7. The lowest BCUT2D eigenvalue weighted by Gasteiger charge is -2.32. The van der Waals surface area contributed by atoms with E-state index in [4.69, 9.17) is 4.74 Å². The molecule has 1 N–H and O–H groups in total. The van der Waals surface area contributed by atoms with Gasteiger partial charge in [0, 0.05) is 20.2 Å². The van der Waals surface area contributed by atoms with Crippen LogP contribution < -0.4 is 5.32 Å². The van der Waals surface area contributed by atoms with E-state index in [1.807, 2.05) is 31.1 Å². The van der Waals surface area contributed by atoms with Gasteiger partial charge in [-0.15, -0.1) is 0 Å². The van der Waals surface area contributed by atoms with Gasteiger partial charge >= 0.3 is 0 Å². The Morgan fingerprint density at radius 2 is 1.92 bits per heavy atom. The summed E-state index contributed by atoms with van der Waals surface area (Å²) in [5.74, 6) is 0.666. The van der Waals surface area contributed by atoms with Gasteiger partial charge in [-0.2, -0.15) is 0 Å². The van der Waals surface area contributed by atoms with E-state index in [2.05, 4.69) is 29.3 Å². The lowest BCUT2D eigenvalue weighted by atomic mass is 9.96. The highest BCUT2D eigenvalue weighted by atomic mass is 16.5. The molecule has 1 aromatic rings. The fourth-order valence-electron chi connectivity index (χ4n) is 3.41. The topological polar surface area (TPSA) is 44.8 Å². The van der Waals surface area contributed by atoms with Crippen molar-refractivity contribution in [3.8, 4) is 0 Å². The van der Waals surface area contributed by atoms with Crippen LogP contribution in [0.15, 0.2) is 24.3 Å². The van der Waals surface area contributed by atoms with Crippen molar-refractivity contribution in [1.82, 2.24) is 15.1 Å². The Labute approximate surface area is 152 Å². The van der Waals surface area contributed by atoms with E-state index in [0.717, 1.165) is 51.2 Å². The Morgan fingerprint density at radius 3 is 2.48 bits per heavy atom. The summed E-state index contributed by atoms with van der Waals surface area (Å²) in [6.07, 6.45) is 2.28. The third-order valence-electron chi connectivity index (χ3n) is 5.04. The quantitative estimate of drug-likeness (QED) is 0.782. The van der Waals surface area contributed by atoms with Crippen LogP contribution in [0, 0.1) is 12.8 Å². The van der Waals surface area contributed by atoms with Crippen LogP contribution in [-0.4, -0.2) is 69.7 Å². The molecule has 1 aliphatic rings. The minimum absolute atomic E-state index is 0.0932. The van der Waals surface area contributed by atoms with E-state index in [1.165, 1.54) is 5.56 Å². The number of benzene rings is 1. The van der Waals surface area contributed by atoms with Crippen molar-refractivity contribution in [1.29, 1.82) is 0 Å². The smallest absolute Gasteiger partial charge is 0.241 e. The molecule has 140 valence electrons. The number of ether oxygens (including phenoxy) is 1. The molecule has 0 spiro atoms. The van der Waals surface area contributed by atoms with Crippen molar-refractivity contribution in [3.63, 3.8) is 0 Å². The maximum Gasteiger partial charge on any atom is 0.241 e. The van der Waals surface area contributed by atoms with Crippen molar-refractivity contribution in [2.75, 3.05) is 54.0 Å². The zero-order chi connectivity index (χ0) is 18.2. The summed E-state index contributed by atoms with van der Waals surface area (Å²) in [5, 5.41) is 3.18. The number of nitrogens with one attached hydrogen (secondary N) is 1. The molecule has 2 rings (SSSR count). The number of likely N-dealkylation sites (N-methyl/N-ethyl adjacent to an activating group) is 1. The Morgan fingerprint density at radius 1 is 1.28 bits per heavy atom. The molecule has 5 heteroatoms. The zero-order valence-electron chi connectivity index (χ0n) is 16.1. The summed E-state index contributed by atoms with van der Waals surface area (Å²) in [5.41, 5.74) is 2.25. The number of likely N-dealkylation sites (tertiary alicyclic amines) is 1. The van der Waals surface area contributed by atoms with Crippen LogP contribution in [-0.2, 0) is 9.53 Å². The summed E-state index contributed by atoms with van der Waals surface area (Å²) in [7, 11) is 5.66. The third-order valence-corrected chi connectivity index (χ3v) is 5.04. The molecule has 1 aromatic carbocycles. The second kappa shape index (κ2) is 9.90. The van der Waals surface area contributed by atoms with Crippen LogP contribution in [0.1, 0.15) is 30.0 Å². The summed E-state index contributed by atoms with van der Waals surface area (Å²) in [6, 6.07) is 7.99. The van der Waals surface area contributed by atoms with E-state index in [-0.39, 0.29) is 11.9 Å². The van der Waals surface area contributed by atoms with Gasteiger partial charge in [-0.3, -0.25) is 9.69 Å². The predicted molar refractivity (Wildman–Crippen MR) is 102 cm³/mol. The van der Waals surface area contributed by atoms with Gasteiger partial charge in [-0.25, -0.2) is 0 Å². The van der Waals surface area contributed by atoms with Crippen LogP contribution in [0.25, 0.3) is 0 Å². The molecule has 0 bridgehead atoms. The molecule has 1 aliphatic heterocycles. The fourth-order valence-corrected chi connectivity index (χ4v) is 3.41. The largest absolute Gasteiger partial charge is 0.383 e. The molecule has 1 heterocycles. The van der Waals surface area contributed by atoms with Crippen LogP contribution in [0.3, 0.4) is 0 Å². The van der Waals surface area contributed by atoms with Crippen LogP contribution in [0.2, 0.25) is 0 Å². The van der Waals surface area contributed by atoms with Crippen LogP contribution in [0.5, 0.6) is 0 Å². The molecular formula is C20H33N3O2. The molecule has 0 aromatic heterocycles. The van der Waals surface area contributed by atoms with Crippen LogP contribution >= 0.6 is 0 Å². The molecule has 0 aliphatic carbocycles. The number of methoxy groups -OCH3 is 1. The molecule has 5 nitrogen and oxygen atoms in total. The zero-order valence-corrected chi connectivity index (χ0v) is 16.1. The van der Waals surface area contributed by atoms with Crippen LogP contribution in [0.4, 0.5) is 0 Å². The van der Waals surface area contributed by atoms with Crippen molar-refractivity contribution in [3.05, 3.63) is 35.4 Å². The van der Waals surface area contributed by atoms with E-state index in [0.29, 0.717) is 5.92 Å². The van der Waals surface area contributed by atoms with E-state index in [9.17, 15) is 4.79 Å². The van der Waals surface area contributed by atoms with Gasteiger partial charge < -0.3 is 15.0 Å². The first-order valence-corrected chi connectivity index (χ1v) is 9.23. The first-order chi connectivity index (χ1) is 12.0. The normalized spacial score (nSPS) is 17.6. The number of carbonyl (C=O) groups excluding carboxylic acids is 1. The SMILES string of the molecule is COCCN1CCC(CNC(=O)[C@@H](c2ccc(C)cc2)N(C)C)CC1.